The molecule has 4 aromatic rings. The highest BCUT2D eigenvalue weighted by Crippen LogP contribution is 2.45. The zero-order chi connectivity index (χ0) is 24.0. The van der Waals surface area contributed by atoms with E-state index in [1.54, 1.807) is 52.8 Å². The number of rotatable bonds is 6. The maximum Gasteiger partial charge on any atom is 0.273 e. The van der Waals surface area contributed by atoms with Crippen LogP contribution < -0.4 is 15.4 Å². The molecule has 174 valence electrons. The molecule has 0 unspecified atom stereocenters. The van der Waals surface area contributed by atoms with Crippen molar-refractivity contribution in [1.82, 2.24) is 24.4 Å². The van der Waals surface area contributed by atoms with Gasteiger partial charge in [-0.3, -0.25) is 14.3 Å². The van der Waals surface area contributed by atoms with Crippen LogP contribution in [0.15, 0.2) is 42.6 Å². The van der Waals surface area contributed by atoms with Gasteiger partial charge in [0.25, 0.3) is 5.91 Å². The van der Waals surface area contributed by atoms with Crippen molar-refractivity contribution in [2.45, 2.75) is 33.6 Å². The van der Waals surface area contributed by atoms with Crippen molar-refractivity contribution in [3.63, 3.8) is 0 Å². The number of aryl methyl sites for hydroxylation is 3. The zero-order valence-corrected chi connectivity index (χ0v) is 19.4. The minimum absolute atomic E-state index is 0.0251. The summed E-state index contributed by atoms with van der Waals surface area (Å²) < 4.78 is 9.04. The van der Waals surface area contributed by atoms with Gasteiger partial charge in [-0.05, 0) is 50.5 Å². The molecule has 1 fully saturated rings. The first-order valence-corrected chi connectivity index (χ1v) is 11.0. The average molecular weight is 460 g/mol. The number of amides is 2. The predicted molar refractivity (Wildman–Crippen MR) is 126 cm³/mol. The summed E-state index contributed by atoms with van der Waals surface area (Å²) in [6.07, 6.45) is 3.44. The van der Waals surface area contributed by atoms with E-state index in [9.17, 15) is 9.59 Å². The quantitative estimate of drug-likeness (QED) is 0.452. The summed E-state index contributed by atoms with van der Waals surface area (Å²) in [6, 6.07) is 10.6. The Hall–Kier alpha value is -4.21. The van der Waals surface area contributed by atoms with Crippen LogP contribution in [0.5, 0.6) is 11.6 Å². The highest BCUT2D eigenvalue weighted by molar-refractivity contribution is 6.03. The molecule has 0 radical (unpaired) electrons. The van der Waals surface area contributed by atoms with Gasteiger partial charge in [0.05, 0.1) is 11.9 Å². The molecule has 34 heavy (non-hydrogen) atoms. The molecule has 0 aliphatic heterocycles. The Morgan fingerprint density at radius 1 is 1.06 bits per heavy atom. The number of nitrogens with zero attached hydrogens (tertiary/aromatic N) is 5. The van der Waals surface area contributed by atoms with Gasteiger partial charge in [0.2, 0.25) is 11.8 Å². The van der Waals surface area contributed by atoms with Crippen LogP contribution in [0, 0.1) is 19.3 Å². The van der Waals surface area contributed by atoms with E-state index >= 15 is 0 Å². The topological polar surface area (TPSA) is 115 Å². The Morgan fingerprint density at radius 3 is 2.56 bits per heavy atom. The fourth-order valence-electron chi connectivity index (χ4n) is 3.59. The predicted octanol–water partition coefficient (Wildman–Crippen LogP) is 3.86. The number of anilines is 2. The Kier molecular flexibility index (Phi) is 5.07. The minimum atomic E-state index is -0.286. The van der Waals surface area contributed by atoms with Gasteiger partial charge in [0.15, 0.2) is 11.5 Å². The number of hydrogen-bond donors (Lipinski definition) is 2. The monoisotopic (exact) mass is 459 g/mol. The van der Waals surface area contributed by atoms with Crippen LogP contribution in [0.1, 0.15) is 41.5 Å². The second kappa shape index (κ2) is 7.98. The van der Waals surface area contributed by atoms with Crippen molar-refractivity contribution < 1.29 is 14.3 Å². The van der Waals surface area contributed by atoms with Gasteiger partial charge < -0.3 is 15.4 Å². The lowest BCUT2D eigenvalue weighted by molar-refractivity contribution is -0.120. The SMILES string of the molecule is Cc1cc(C(=O)Nc2cc(Oc3ccc4nc(NC(=O)C5(C)CC5)cn4n3)ccc2C)n(C)n1. The van der Waals surface area contributed by atoms with E-state index in [1.807, 2.05) is 26.8 Å². The van der Waals surface area contributed by atoms with E-state index in [-0.39, 0.29) is 17.2 Å². The van der Waals surface area contributed by atoms with Gasteiger partial charge in [-0.1, -0.05) is 13.0 Å². The van der Waals surface area contributed by atoms with Crippen molar-refractivity contribution in [1.29, 1.82) is 0 Å². The summed E-state index contributed by atoms with van der Waals surface area (Å²) in [4.78, 5) is 29.4. The second-order valence-electron chi connectivity index (χ2n) is 8.94. The van der Waals surface area contributed by atoms with E-state index in [0.717, 1.165) is 24.1 Å². The third kappa shape index (κ3) is 4.21. The molecule has 1 aliphatic rings. The molecule has 3 heterocycles. The lowest BCUT2D eigenvalue weighted by Gasteiger charge is -2.11. The summed E-state index contributed by atoms with van der Waals surface area (Å²) in [6.45, 7) is 5.69. The highest BCUT2D eigenvalue weighted by atomic mass is 16.5. The lowest BCUT2D eigenvalue weighted by atomic mass is 10.1. The van der Waals surface area contributed by atoms with Crippen molar-refractivity contribution in [2.75, 3.05) is 10.6 Å². The number of nitrogens with one attached hydrogen (secondary N) is 2. The van der Waals surface area contributed by atoms with Crippen LogP contribution in [-0.4, -0.2) is 36.2 Å². The number of imidazole rings is 1. The summed E-state index contributed by atoms with van der Waals surface area (Å²) in [5, 5.41) is 14.4. The van der Waals surface area contributed by atoms with Crippen LogP contribution in [0.3, 0.4) is 0 Å². The van der Waals surface area contributed by atoms with Gasteiger partial charge in [-0.25, -0.2) is 9.50 Å². The number of fused-ring (bicyclic) bond motifs is 1. The van der Waals surface area contributed by atoms with Gasteiger partial charge in [0.1, 0.15) is 11.4 Å². The van der Waals surface area contributed by atoms with Crippen LogP contribution in [0.2, 0.25) is 0 Å². The zero-order valence-electron chi connectivity index (χ0n) is 19.4. The Labute approximate surface area is 195 Å². The van der Waals surface area contributed by atoms with E-state index in [2.05, 4.69) is 25.8 Å². The van der Waals surface area contributed by atoms with Crippen LogP contribution in [0.4, 0.5) is 11.5 Å². The molecule has 1 aromatic carbocycles. The summed E-state index contributed by atoms with van der Waals surface area (Å²) in [7, 11) is 1.73. The molecule has 0 bridgehead atoms. The molecular weight excluding hydrogens is 434 g/mol. The molecule has 10 nitrogen and oxygen atoms in total. The van der Waals surface area contributed by atoms with Crippen molar-refractivity contribution >= 4 is 29.0 Å². The Bertz CT molecular complexity index is 1430. The molecule has 10 heteroatoms. The van der Waals surface area contributed by atoms with Crippen molar-refractivity contribution in [2.24, 2.45) is 12.5 Å². The van der Waals surface area contributed by atoms with E-state index in [0.29, 0.717) is 34.5 Å². The number of carbonyl (C=O) groups excluding carboxylic acids is 2. The second-order valence-corrected chi connectivity index (χ2v) is 8.94. The molecule has 0 saturated heterocycles. The van der Waals surface area contributed by atoms with Gasteiger partial charge in [-0.15, -0.1) is 5.10 Å². The number of aromatic nitrogens is 5. The fraction of sp³-hybridized carbons (Fsp3) is 0.292. The number of carbonyl (C=O) groups is 2. The fourth-order valence-corrected chi connectivity index (χ4v) is 3.59. The molecule has 5 rings (SSSR count). The van der Waals surface area contributed by atoms with Gasteiger partial charge in [0, 0.05) is 30.3 Å². The Morgan fingerprint density at radius 2 is 1.85 bits per heavy atom. The van der Waals surface area contributed by atoms with Gasteiger partial charge >= 0.3 is 0 Å². The Balaban J connectivity index is 1.32. The third-order valence-electron chi connectivity index (χ3n) is 6.00. The summed E-state index contributed by atoms with van der Waals surface area (Å²) in [5.41, 5.74) is 3.06. The summed E-state index contributed by atoms with van der Waals surface area (Å²) >= 11 is 0. The number of ether oxygens (including phenoxy) is 1. The third-order valence-corrected chi connectivity index (χ3v) is 6.00. The standard InChI is InChI=1S/C24H25N7O3/c1-14-5-6-16(12-17(14)25-22(32)18-11-15(2)28-30(18)4)34-21-8-7-20-26-19(13-31(20)29-21)27-23(33)24(3)9-10-24/h5-8,11-13H,9-10H2,1-4H3,(H,25,32)(H,27,33). The summed E-state index contributed by atoms with van der Waals surface area (Å²) in [5.74, 6) is 1.04. The van der Waals surface area contributed by atoms with Gasteiger partial charge in [-0.2, -0.15) is 5.10 Å². The van der Waals surface area contributed by atoms with Crippen molar-refractivity contribution in [3.8, 4) is 11.6 Å². The number of hydrogen-bond acceptors (Lipinski definition) is 6. The minimum Gasteiger partial charge on any atom is -0.438 e. The normalized spacial score (nSPS) is 14.1. The maximum atomic E-state index is 12.7. The van der Waals surface area contributed by atoms with E-state index in [1.165, 1.54) is 0 Å². The van der Waals surface area contributed by atoms with Crippen molar-refractivity contribution in [3.05, 3.63) is 59.5 Å². The molecule has 1 aliphatic carbocycles. The van der Waals surface area contributed by atoms with Crippen LogP contribution in [-0.2, 0) is 11.8 Å². The van der Waals surface area contributed by atoms with E-state index in [4.69, 9.17) is 4.74 Å². The molecule has 0 spiro atoms. The smallest absolute Gasteiger partial charge is 0.273 e. The van der Waals surface area contributed by atoms with E-state index < -0.39 is 0 Å². The molecule has 3 aromatic heterocycles. The molecule has 2 N–H and O–H groups in total. The largest absolute Gasteiger partial charge is 0.438 e. The molecule has 0 atom stereocenters. The number of benzene rings is 1. The van der Waals surface area contributed by atoms with Crippen LogP contribution >= 0.6 is 0 Å². The highest BCUT2D eigenvalue weighted by Gasteiger charge is 2.45. The van der Waals surface area contributed by atoms with Crippen LogP contribution in [0.25, 0.3) is 5.65 Å². The molecule has 1 saturated carbocycles. The first-order valence-electron chi connectivity index (χ1n) is 11.0. The molecule has 2 amide bonds. The molecular formula is C24H25N7O3. The first kappa shape index (κ1) is 21.6. The maximum absolute atomic E-state index is 12.7. The average Bonchev–Trinajstić information content (AvgIpc) is 3.27. The lowest BCUT2D eigenvalue weighted by Crippen LogP contribution is -2.21. The first-order chi connectivity index (χ1) is 16.2.